The van der Waals surface area contributed by atoms with Gasteiger partial charge in [0.2, 0.25) is 0 Å². The Kier molecular flexibility index (Phi) is 9.48. The number of likely N-dealkylation sites (N-methyl/N-ethyl adjacent to an activating group) is 1. The number of nitrogens with one attached hydrogen (secondary N) is 2. The number of fused-ring (bicyclic) bond motifs is 1. The monoisotopic (exact) mass is 590 g/mol. The fourth-order valence-electron chi connectivity index (χ4n) is 5.75. The molecule has 2 aromatic heterocycles. The Morgan fingerprint density at radius 2 is 1.55 bits per heavy atom. The molecule has 5 rings (SSSR count). The molecular weight excluding hydrogens is 548 g/mol. The van der Waals surface area contributed by atoms with Gasteiger partial charge in [0, 0.05) is 61.6 Å². The number of aromatic nitrogens is 2. The summed E-state index contributed by atoms with van der Waals surface area (Å²) >= 11 is 0. The van der Waals surface area contributed by atoms with Crippen LogP contribution in [0.4, 0.5) is 16.2 Å². The highest BCUT2D eigenvalue weighted by molar-refractivity contribution is 6.07. The highest BCUT2D eigenvalue weighted by Crippen LogP contribution is 2.35. The van der Waals surface area contributed by atoms with E-state index in [4.69, 9.17) is 0 Å². The van der Waals surface area contributed by atoms with Crippen LogP contribution in [-0.4, -0.2) is 65.2 Å². The third kappa shape index (κ3) is 6.70. The summed E-state index contributed by atoms with van der Waals surface area (Å²) in [5.41, 5.74) is 5.52. The van der Waals surface area contributed by atoms with E-state index < -0.39 is 6.03 Å². The Balaban J connectivity index is 1.53. The van der Waals surface area contributed by atoms with Crippen molar-refractivity contribution < 1.29 is 4.79 Å². The van der Waals surface area contributed by atoms with Gasteiger partial charge in [-0.25, -0.2) is 9.78 Å². The summed E-state index contributed by atoms with van der Waals surface area (Å²) < 4.78 is 1.48. The van der Waals surface area contributed by atoms with Crippen molar-refractivity contribution >= 4 is 28.4 Å². The molecule has 4 aromatic rings. The van der Waals surface area contributed by atoms with Gasteiger partial charge in [0.1, 0.15) is 11.3 Å². The highest BCUT2D eigenvalue weighted by atomic mass is 16.2. The van der Waals surface area contributed by atoms with Crippen LogP contribution in [0.5, 0.6) is 0 Å². The van der Waals surface area contributed by atoms with Crippen LogP contribution in [0.2, 0.25) is 0 Å². The van der Waals surface area contributed by atoms with Crippen molar-refractivity contribution in [2.45, 2.75) is 39.5 Å². The van der Waals surface area contributed by atoms with Crippen molar-refractivity contribution in [3.8, 4) is 23.0 Å². The number of piperazine rings is 1. The molecule has 2 amide bonds. The topological polar surface area (TPSA) is 82.5 Å². The molecule has 3 heterocycles. The average molecular weight is 591 g/mol. The van der Waals surface area contributed by atoms with Gasteiger partial charge in [-0.2, -0.15) is 0 Å². The van der Waals surface area contributed by atoms with Crippen molar-refractivity contribution in [3.05, 3.63) is 87.8 Å². The van der Waals surface area contributed by atoms with Crippen LogP contribution in [0.25, 0.3) is 22.2 Å². The van der Waals surface area contributed by atoms with Crippen molar-refractivity contribution in [1.29, 1.82) is 0 Å². The molecule has 1 fully saturated rings. The maximum absolute atomic E-state index is 13.8. The molecule has 1 aliphatic rings. The van der Waals surface area contributed by atoms with Crippen molar-refractivity contribution in [2.24, 2.45) is 7.05 Å². The van der Waals surface area contributed by atoms with E-state index in [1.807, 2.05) is 54.6 Å². The quantitative estimate of drug-likeness (QED) is 0.266. The van der Waals surface area contributed by atoms with E-state index in [1.165, 1.54) is 4.57 Å². The second-order valence-corrected chi connectivity index (χ2v) is 12.2. The molecule has 0 saturated carbocycles. The van der Waals surface area contributed by atoms with Gasteiger partial charge >= 0.3 is 6.03 Å². The highest BCUT2D eigenvalue weighted by Gasteiger charge is 2.22. The summed E-state index contributed by atoms with van der Waals surface area (Å²) in [6.07, 6.45) is 1.67. The molecule has 2 aromatic carbocycles. The lowest BCUT2D eigenvalue weighted by molar-refractivity contribution is 0.168. The minimum atomic E-state index is -0.468. The largest absolute Gasteiger partial charge is 0.323 e. The van der Waals surface area contributed by atoms with Gasteiger partial charge in [-0.05, 0) is 59.8 Å². The zero-order valence-electron chi connectivity index (χ0n) is 26.6. The number of urea groups is 1. The minimum Gasteiger partial charge on any atom is -0.307 e. The van der Waals surface area contributed by atoms with Crippen LogP contribution >= 0.6 is 0 Å². The number of para-hydroxylation sites is 1. The SMILES string of the molecule is CC(C)c1cccc(C(C)C)c1NC(=O)Nc1c(-c2cccc(C#CCN3CCN(C)CC3)c2)c2cccnc2n(C)c1=O. The molecule has 8 heteroatoms. The standard InChI is InChI=1S/C36H42N6O2/c1-24(2)28-14-8-15-29(25(3)4)32(28)38-36(44)39-33-31(30-16-9-17-37-34(30)41(6)35(33)43)27-13-7-11-26(23-27)12-10-18-42-21-19-40(5)20-22-42/h7-9,11,13-17,23-25H,18-22H2,1-6H3,(H2,38,39,44). The molecule has 8 nitrogen and oxygen atoms in total. The summed E-state index contributed by atoms with van der Waals surface area (Å²) in [4.78, 5) is 36.7. The summed E-state index contributed by atoms with van der Waals surface area (Å²) in [6.45, 7) is 13.2. The lowest BCUT2D eigenvalue weighted by Gasteiger charge is -2.30. The van der Waals surface area contributed by atoms with Gasteiger partial charge in [-0.15, -0.1) is 0 Å². The van der Waals surface area contributed by atoms with Gasteiger partial charge in [-0.3, -0.25) is 14.3 Å². The van der Waals surface area contributed by atoms with Crippen LogP contribution in [-0.2, 0) is 7.05 Å². The number of rotatable bonds is 6. The molecule has 0 bridgehead atoms. The molecule has 44 heavy (non-hydrogen) atoms. The minimum absolute atomic E-state index is 0.196. The predicted molar refractivity (Wildman–Crippen MR) is 180 cm³/mol. The molecule has 2 N–H and O–H groups in total. The van der Waals surface area contributed by atoms with E-state index in [1.54, 1.807) is 13.2 Å². The first-order valence-corrected chi connectivity index (χ1v) is 15.3. The molecule has 0 spiro atoms. The number of carbonyl (C=O) groups is 1. The summed E-state index contributed by atoms with van der Waals surface area (Å²) in [6, 6.07) is 17.2. The fraction of sp³-hybridized carbons (Fsp3) is 0.361. The van der Waals surface area contributed by atoms with Crippen LogP contribution in [0.15, 0.2) is 65.6 Å². The van der Waals surface area contributed by atoms with Crippen molar-refractivity contribution in [2.75, 3.05) is 50.4 Å². The Labute approximate surface area is 260 Å². The van der Waals surface area contributed by atoms with Crippen LogP contribution in [0.3, 0.4) is 0 Å². The van der Waals surface area contributed by atoms with Gasteiger partial charge in [0.15, 0.2) is 0 Å². The number of anilines is 2. The molecule has 1 saturated heterocycles. The Hall–Kier alpha value is -4.45. The lowest BCUT2D eigenvalue weighted by Crippen LogP contribution is -2.44. The lowest BCUT2D eigenvalue weighted by atomic mass is 9.93. The number of benzene rings is 2. The van der Waals surface area contributed by atoms with Crippen molar-refractivity contribution in [1.82, 2.24) is 19.4 Å². The molecule has 0 radical (unpaired) electrons. The maximum atomic E-state index is 13.8. The fourth-order valence-corrected chi connectivity index (χ4v) is 5.75. The maximum Gasteiger partial charge on any atom is 0.323 e. The van der Waals surface area contributed by atoms with Gasteiger partial charge in [0.25, 0.3) is 5.56 Å². The van der Waals surface area contributed by atoms with Gasteiger partial charge in [0.05, 0.1) is 6.54 Å². The molecule has 1 aliphatic heterocycles. The molecule has 0 unspecified atom stereocenters. The third-order valence-electron chi connectivity index (χ3n) is 8.27. The third-order valence-corrected chi connectivity index (χ3v) is 8.27. The first kappa shape index (κ1) is 31.0. The molecule has 0 aliphatic carbocycles. The molecular formula is C36H42N6O2. The van der Waals surface area contributed by atoms with E-state index in [9.17, 15) is 9.59 Å². The number of carbonyl (C=O) groups excluding carboxylic acids is 1. The van der Waals surface area contributed by atoms with Crippen molar-refractivity contribution in [3.63, 3.8) is 0 Å². The zero-order valence-corrected chi connectivity index (χ0v) is 26.6. The number of hydrogen-bond donors (Lipinski definition) is 2. The first-order chi connectivity index (χ1) is 21.1. The van der Waals surface area contributed by atoms with E-state index in [2.05, 4.69) is 72.0 Å². The van der Waals surface area contributed by atoms with E-state index in [0.29, 0.717) is 17.8 Å². The second kappa shape index (κ2) is 13.5. The second-order valence-electron chi connectivity index (χ2n) is 12.2. The van der Waals surface area contributed by atoms with Crippen LogP contribution in [0, 0.1) is 11.8 Å². The predicted octanol–water partition coefficient (Wildman–Crippen LogP) is 6.09. The molecule has 0 atom stereocenters. The average Bonchev–Trinajstić information content (AvgIpc) is 3.01. The Bertz CT molecular complexity index is 1760. The van der Waals surface area contributed by atoms with Crippen LogP contribution in [0.1, 0.15) is 56.2 Å². The Morgan fingerprint density at radius 1 is 0.886 bits per heavy atom. The first-order valence-electron chi connectivity index (χ1n) is 15.3. The van der Waals surface area contributed by atoms with Crippen LogP contribution < -0.4 is 16.2 Å². The molecule has 228 valence electrons. The van der Waals surface area contributed by atoms with E-state index >= 15 is 0 Å². The normalized spacial score (nSPS) is 14.1. The van der Waals surface area contributed by atoms with E-state index in [-0.39, 0.29) is 23.1 Å². The van der Waals surface area contributed by atoms with Gasteiger partial charge < -0.3 is 15.5 Å². The smallest absolute Gasteiger partial charge is 0.307 e. The number of pyridine rings is 2. The number of nitrogens with zero attached hydrogens (tertiary/aromatic N) is 4. The summed E-state index contributed by atoms with van der Waals surface area (Å²) in [5, 5.41) is 6.80. The zero-order chi connectivity index (χ0) is 31.4. The number of hydrogen-bond acceptors (Lipinski definition) is 5. The number of aryl methyl sites for hydroxylation is 1. The van der Waals surface area contributed by atoms with Gasteiger partial charge in [-0.1, -0.05) is 69.9 Å². The van der Waals surface area contributed by atoms with E-state index in [0.717, 1.165) is 59.5 Å². The summed E-state index contributed by atoms with van der Waals surface area (Å²) in [5.74, 6) is 7.05. The number of amides is 2. The Morgan fingerprint density at radius 3 is 2.23 bits per heavy atom. The summed E-state index contributed by atoms with van der Waals surface area (Å²) in [7, 11) is 3.82.